The Balaban J connectivity index is 2.07. The van der Waals surface area contributed by atoms with Crippen molar-refractivity contribution in [1.29, 1.82) is 0 Å². The molecule has 0 radical (unpaired) electrons. The topological polar surface area (TPSA) is 50.7 Å². The van der Waals surface area contributed by atoms with E-state index in [0.29, 0.717) is 26.9 Å². The van der Waals surface area contributed by atoms with E-state index in [2.05, 4.69) is 33.1 Å². The van der Waals surface area contributed by atoms with Gasteiger partial charge in [-0.2, -0.15) is 5.10 Å². The second-order valence-electron chi connectivity index (χ2n) is 4.21. The van der Waals surface area contributed by atoms with Crippen molar-refractivity contribution >= 4 is 57.9 Å². The van der Waals surface area contributed by atoms with Crippen LogP contribution in [0.2, 0.25) is 10.0 Å². The monoisotopic (exact) mass is 448 g/mol. The van der Waals surface area contributed by atoms with Crippen LogP contribution in [0.1, 0.15) is 15.9 Å². The SMILES string of the molecule is COc1cc(C(=O)N/N=C/c2ccc(Cl)cc2Cl)ccc1I. The van der Waals surface area contributed by atoms with Gasteiger partial charge < -0.3 is 4.74 Å². The molecule has 2 rings (SSSR count). The van der Waals surface area contributed by atoms with Gasteiger partial charge in [-0.05, 0) is 52.9 Å². The number of hydrogen-bond acceptors (Lipinski definition) is 3. The van der Waals surface area contributed by atoms with Gasteiger partial charge in [-0.25, -0.2) is 5.43 Å². The average Bonchev–Trinajstić information content (AvgIpc) is 2.49. The number of hydrazone groups is 1. The van der Waals surface area contributed by atoms with Gasteiger partial charge in [0, 0.05) is 16.1 Å². The maximum absolute atomic E-state index is 12.0. The van der Waals surface area contributed by atoms with Gasteiger partial charge >= 0.3 is 0 Å². The number of nitrogens with zero attached hydrogens (tertiary/aromatic N) is 1. The molecule has 2 aromatic carbocycles. The highest BCUT2D eigenvalue weighted by Crippen LogP contribution is 2.22. The maximum atomic E-state index is 12.0. The van der Waals surface area contributed by atoms with Crippen LogP contribution in [0.25, 0.3) is 0 Å². The van der Waals surface area contributed by atoms with Gasteiger partial charge in [0.05, 0.1) is 21.9 Å². The Hall–Kier alpha value is -1.31. The number of nitrogens with one attached hydrogen (secondary N) is 1. The lowest BCUT2D eigenvalue weighted by atomic mass is 10.2. The summed E-state index contributed by atoms with van der Waals surface area (Å²) in [5.74, 6) is 0.300. The van der Waals surface area contributed by atoms with E-state index in [-0.39, 0.29) is 5.91 Å². The molecule has 0 fully saturated rings. The molecule has 1 amide bonds. The summed E-state index contributed by atoms with van der Waals surface area (Å²) in [7, 11) is 1.56. The number of amides is 1. The Morgan fingerprint density at radius 3 is 2.73 bits per heavy atom. The predicted octanol–water partition coefficient (Wildman–Crippen LogP) is 4.37. The van der Waals surface area contributed by atoms with Crippen molar-refractivity contribution in [2.75, 3.05) is 7.11 Å². The molecule has 22 heavy (non-hydrogen) atoms. The highest BCUT2D eigenvalue weighted by Gasteiger charge is 2.08. The lowest BCUT2D eigenvalue weighted by Gasteiger charge is -2.05. The van der Waals surface area contributed by atoms with Crippen molar-refractivity contribution in [2.24, 2.45) is 5.10 Å². The molecular formula is C15H11Cl2IN2O2. The molecule has 1 N–H and O–H groups in total. The molecule has 7 heteroatoms. The van der Waals surface area contributed by atoms with Crippen LogP contribution in [0, 0.1) is 3.57 Å². The largest absolute Gasteiger partial charge is 0.496 e. The lowest BCUT2D eigenvalue weighted by molar-refractivity contribution is 0.0955. The van der Waals surface area contributed by atoms with Crippen LogP contribution in [0.5, 0.6) is 5.75 Å². The van der Waals surface area contributed by atoms with Crippen molar-refractivity contribution in [1.82, 2.24) is 5.43 Å². The number of halogens is 3. The molecule has 0 spiro atoms. The van der Waals surface area contributed by atoms with E-state index in [0.717, 1.165) is 3.57 Å². The standard InChI is InChI=1S/C15H11Cl2IN2O2/c1-22-14-6-9(3-5-13(14)18)15(21)20-19-8-10-2-4-11(16)7-12(10)17/h2-8H,1H3,(H,20,21)/b19-8+. The van der Waals surface area contributed by atoms with Crippen LogP contribution < -0.4 is 10.2 Å². The maximum Gasteiger partial charge on any atom is 0.271 e. The molecular weight excluding hydrogens is 438 g/mol. The molecule has 2 aromatic rings. The summed E-state index contributed by atoms with van der Waals surface area (Å²) in [6.07, 6.45) is 1.46. The molecule has 0 aliphatic carbocycles. The third kappa shape index (κ3) is 4.34. The number of carbonyl (C=O) groups is 1. The summed E-state index contributed by atoms with van der Waals surface area (Å²) >= 11 is 14.0. The minimum atomic E-state index is -0.337. The van der Waals surface area contributed by atoms with Crippen LogP contribution >= 0.6 is 45.8 Å². The van der Waals surface area contributed by atoms with Crippen LogP contribution in [-0.2, 0) is 0 Å². The Morgan fingerprint density at radius 2 is 2.05 bits per heavy atom. The number of ether oxygens (including phenoxy) is 1. The minimum Gasteiger partial charge on any atom is -0.496 e. The molecule has 4 nitrogen and oxygen atoms in total. The Morgan fingerprint density at radius 1 is 1.27 bits per heavy atom. The first-order valence-electron chi connectivity index (χ1n) is 6.13. The first-order valence-corrected chi connectivity index (χ1v) is 7.96. The Bertz CT molecular complexity index is 735. The smallest absolute Gasteiger partial charge is 0.271 e. The summed E-state index contributed by atoms with van der Waals surface area (Å²) in [5.41, 5.74) is 3.55. The second-order valence-corrected chi connectivity index (χ2v) is 6.22. The third-order valence-corrected chi connectivity index (χ3v) is 4.20. The summed E-state index contributed by atoms with van der Waals surface area (Å²) in [4.78, 5) is 12.0. The highest BCUT2D eigenvalue weighted by molar-refractivity contribution is 14.1. The number of rotatable bonds is 4. The van der Waals surface area contributed by atoms with Crippen LogP contribution in [0.15, 0.2) is 41.5 Å². The van der Waals surface area contributed by atoms with E-state index in [1.165, 1.54) is 6.21 Å². The van der Waals surface area contributed by atoms with Gasteiger partial charge in [-0.1, -0.05) is 29.3 Å². The van der Waals surface area contributed by atoms with Gasteiger partial charge in [0.25, 0.3) is 5.91 Å². The summed E-state index contributed by atoms with van der Waals surface area (Å²) in [6, 6.07) is 10.2. The lowest BCUT2D eigenvalue weighted by Crippen LogP contribution is -2.17. The van der Waals surface area contributed by atoms with Crippen LogP contribution in [0.4, 0.5) is 0 Å². The van der Waals surface area contributed by atoms with Gasteiger partial charge in [0.1, 0.15) is 5.75 Å². The van der Waals surface area contributed by atoms with Crippen molar-refractivity contribution in [3.8, 4) is 5.75 Å². The quantitative estimate of drug-likeness (QED) is 0.429. The highest BCUT2D eigenvalue weighted by atomic mass is 127. The zero-order chi connectivity index (χ0) is 16.1. The van der Waals surface area contributed by atoms with E-state index < -0.39 is 0 Å². The fraction of sp³-hybridized carbons (Fsp3) is 0.0667. The predicted molar refractivity (Wildman–Crippen MR) is 97.2 cm³/mol. The van der Waals surface area contributed by atoms with E-state index in [1.54, 1.807) is 43.5 Å². The summed E-state index contributed by atoms with van der Waals surface area (Å²) < 4.78 is 6.10. The van der Waals surface area contributed by atoms with Gasteiger partial charge in [0.2, 0.25) is 0 Å². The normalized spacial score (nSPS) is 10.7. The van der Waals surface area contributed by atoms with E-state index in [4.69, 9.17) is 27.9 Å². The van der Waals surface area contributed by atoms with Crippen molar-refractivity contribution in [3.63, 3.8) is 0 Å². The molecule has 0 atom stereocenters. The van der Waals surface area contributed by atoms with Crippen LogP contribution in [-0.4, -0.2) is 19.2 Å². The number of carbonyl (C=O) groups excluding carboxylic acids is 1. The van der Waals surface area contributed by atoms with Crippen molar-refractivity contribution in [3.05, 3.63) is 61.1 Å². The first kappa shape index (κ1) is 17.1. The number of methoxy groups -OCH3 is 1. The Kier molecular flexibility index (Phi) is 6.05. The number of hydrogen-bond donors (Lipinski definition) is 1. The zero-order valence-electron chi connectivity index (χ0n) is 11.4. The summed E-state index contributed by atoms with van der Waals surface area (Å²) in [5, 5.41) is 4.89. The molecule has 0 aromatic heterocycles. The average molecular weight is 449 g/mol. The Labute approximate surface area is 151 Å². The second kappa shape index (κ2) is 7.80. The molecule has 0 bridgehead atoms. The van der Waals surface area contributed by atoms with Gasteiger partial charge in [0.15, 0.2) is 0 Å². The fourth-order valence-corrected chi connectivity index (χ4v) is 2.65. The molecule has 0 heterocycles. The van der Waals surface area contributed by atoms with Crippen molar-refractivity contribution < 1.29 is 9.53 Å². The van der Waals surface area contributed by atoms with E-state index in [9.17, 15) is 4.79 Å². The molecule has 0 aliphatic rings. The van der Waals surface area contributed by atoms with Crippen molar-refractivity contribution in [2.45, 2.75) is 0 Å². The molecule has 0 saturated heterocycles. The third-order valence-electron chi connectivity index (χ3n) is 2.75. The zero-order valence-corrected chi connectivity index (χ0v) is 15.1. The van der Waals surface area contributed by atoms with Crippen LogP contribution in [0.3, 0.4) is 0 Å². The first-order chi connectivity index (χ1) is 10.5. The van der Waals surface area contributed by atoms with E-state index in [1.807, 2.05) is 0 Å². The van der Waals surface area contributed by atoms with E-state index >= 15 is 0 Å². The van der Waals surface area contributed by atoms with Gasteiger partial charge in [-0.15, -0.1) is 0 Å². The van der Waals surface area contributed by atoms with Gasteiger partial charge in [-0.3, -0.25) is 4.79 Å². The summed E-state index contributed by atoms with van der Waals surface area (Å²) in [6.45, 7) is 0. The number of benzene rings is 2. The molecule has 0 unspecified atom stereocenters. The molecule has 0 saturated carbocycles. The molecule has 114 valence electrons. The molecule has 0 aliphatic heterocycles. The fourth-order valence-electron chi connectivity index (χ4n) is 1.63. The minimum absolute atomic E-state index is 0.337.